The normalized spacial score (nSPS) is 11.1. The number of nitrogens with one attached hydrogen (secondary N) is 1. The Hall–Kier alpha value is -3.69. The van der Waals surface area contributed by atoms with E-state index in [4.69, 9.17) is 16.3 Å². The Morgan fingerprint density at radius 3 is 2.21 bits per heavy atom. The Morgan fingerprint density at radius 1 is 0.909 bits per heavy atom. The van der Waals surface area contributed by atoms with Gasteiger partial charge in [0.1, 0.15) is 5.84 Å². The van der Waals surface area contributed by atoms with Gasteiger partial charge in [-0.1, -0.05) is 42.5 Å². The first-order valence-corrected chi connectivity index (χ1v) is 11.8. The summed E-state index contributed by atoms with van der Waals surface area (Å²) in [6.07, 6.45) is 0. The molecule has 0 fully saturated rings. The maximum atomic E-state index is 12.9. The van der Waals surface area contributed by atoms with Gasteiger partial charge in [0.15, 0.2) is 0 Å². The summed E-state index contributed by atoms with van der Waals surface area (Å²) in [6, 6.07) is 20.6. The summed E-state index contributed by atoms with van der Waals surface area (Å²) in [7, 11) is -0.225. The minimum absolute atomic E-state index is 0.00711. The van der Waals surface area contributed by atoms with Crippen LogP contribution in [-0.4, -0.2) is 52.2 Å². The third-order valence-electron chi connectivity index (χ3n) is 5.35. The average molecular weight is 466 g/mol. The molecule has 172 valence electrons. The topological polar surface area (TPSA) is 134 Å². The molecule has 5 N–H and O–H groups in total. The predicted molar refractivity (Wildman–Crippen MR) is 131 cm³/mol. The van der Waals surface area contributed by atoms with Gasteiger partial charge in [0.25, 0.3) is 5.91 Å². The first-order valence-electron chi connectivity index (χ1n) is 10.2. The number of rotatable bonds is 8. The lowest BCUT2D eigenvalue weighted by atomic mass is 10.0. The molecule has 0 aliphatic carbocycles. The number of amides is 1. The SMILES string of the molecule is CN(CCN(C)c1cccc(C(=N)N)c1)C(=O)c1ccc(-c2ccccc2S(N)(=O)=O)cc1. The highest BCUT2D eigenvalue weighted by Crippen LogP contribution is 2.27. The van der Waals surface area contributed by atoms with Gasteiger partial charge in [-0.2, -0.15) is 0 Å². The lowest BCUT2D eigenvalue weighted by molar-refractivity contribution is 0.0799. The van der Waals surface area contributed by atoms with Crippen molar-refractivity contribution in [1.82, 2.24) is 4.90 Å². The molecule has 0 saturated heterocycles. The van der Waals surface area contributed by atoms with Gasteiger partial charge in [0.05, 0.1) is 4.90 Å². The van der Waals surface area contributed by atoms with Crippen LogP contribution in [0.15, 0.2) is 77.7 Å². The van der Waals surface area contributed by atoms with Crippen LogP contribution in [0.1, 0.15) is 15.9 Å². The number of sulfonamides is 1. The zero-order chi connectivity index (χ0) is 24.2. The van der Waals surface area contributed by atoms with Gasteiger partial charge in [-0.25, -0.2) is 13.6 Å². The van der Waals surface area contributed by atoms with Crippen molar-refractivity contribution in [2.75, 3.05) is 32.1 Å². The fourth-order valence-corrected chi connectivity index (χ4v) is 4.17. The molecule has 0 spiro atoms. The average Bonchev–Trinajstić information content (AvgIpc) is 2.81. The fraction of sp³-hybridized carbons (Fsp3) is 0.167. The highest BCUT2D eigenvalue weighted by atomic mass is 32.2. The van der Waals surface area contributed by atoms with Gasteiger partial charge in [0.2, 0.25) is 10.0 Å². The monoisotopic (exact) mass is 465 g/mol. The predicted octanol–water partition coefficient (Wildman–Crippen LogP) is 2.49. The highest BCUT2D eigenvalue weighted by molar-refractivity contribution is 7.89. The van der Waals surface area contributed by atoms with E-state index in [1.165, 1.54) is 6.07 Å². The molecular formula is C24H27N5O3S. The zero-order valence-electron chi connectivity index (χ0n) is 18.5. The third kappa shape index (κ3) is 5.76. The quantitative estimate of drug-likeness (QED) is 0.347. The maximum absolute atomic E-state index is 12.9. The van der Waals surface area contributed by atoms with E-state index in [0.29, 0.717) is 35.3 Å². The van der Waals surface area contributed by atoms with Gasteiger partial charge >= 0.3 is 0 Å². The summed E-state index contributed by atoms with van der Waals surface area (Å²) < 4.78 is 23.7. The lowest BCUT2D eigenvalue weighted by Crippen LogP contribution is -2.34. The number of nitrogen functional groups attached to an aromatic ring is 1. The molecule has 0 aliphatic heterocycles. The largest absolute Gasteiger partial charge is 0.384 e. The summed E-state index contributed by atoms with van der Waals surface area (Å²) in [5.41, 5.74) is 8.75. The molecule has 8 nitrogen and oxygen atoms in total. The summed E-state index contributed by atoms with van der Waals surface area (Å²) >= 11 is 0. The van der Waals surface area contributed by atoms with Crippen molar-refractivity contribution in [1.29, 1.82) is 5.41 Å². The van der Waals surface area contributed by atoms with Crippen molar-refractivity contribution in [2.45, 2.75) is 4.90 Å². The number of carbonyl (C=O) groups excluding carboxylic acids is 1. The van der Waals surface area contributed by atoms with Crippen LogP contribution >= 0.6 is 0 Å². The standard InChI is InChI=1S/C24H27N5O3S/c1-28(20-7-5-6-19(16-20)23(25)26)14-15-29(2)24(30)18-12-10-17(11-13-18)21-8-3-4-9-22(21)33(27,31)32/h3-13,16H,14-15H2,1-2H3,(H3,25,26)(H2,27,31,32). The van der Waals surface area contributed by atoms with Crippen LogP contribution in [0.5, 0.6) is 0 Å². The van der Waals surface area contributed by atoms with Crippen LogP contribution in [0.3, 0.4) is 0 Å². The molecule has 0 heterocycles. The summed E-state index contributed by atoms with van der Waals surface area (Å²) in [5.74, 6) is -0.139. The molecule has 0 radical (unpaired) electrons. The van der Waals surface area contributed by atoms with Crippen LogP contribution in [0.25, 0.3) is 11.1 Å². The van der Waals surface area contributed by atoms with E-state index < -0.39 is 10.0 Å². The van der Waals surface area contributed by atoms with Crippen molar-refractivity contribution in [2.24, 2.45) is 10.9 Å². The first-order chi connectivity index (χ1) is 15.6. The Labute approximate surface area is 194 Å². The summed E-state index contributed by atoms with van der Waals surface area (Å²) in [4.78, 5) is 16.5. The molecule has 0 bridgehead atoms. The molecule has 33 heavy (non-hydrogen) atoms. The number of hydrogen-bond donors (Lipinski definition) is 3. The molecule has 3 rings (SSSR count). The molecular weight excluding hydrogens is 438 g/mol. The second kappa shape index (κ2) is 9.85. The molecule has 0 saturated carbocycles. The molecule has 3 aromatic carbocycles. The number of primary sulfonamides is 1. The highest BCUT2D eigenvalue weighted by Gasteiger charge is 2.16. The Bertz CT molecular complexity index is 1270. The number of anilines is 1. The molecule has 0 aromatic heterocycles. The molecule has 0 unspecified atom stereocenters. The third-order valence-corrected chi connectivity index (χ3v) is 6.32. The fourth-order valence-electron chi connectivity index (χ4n) is 3.41. The van der Waals surface area contributed by atoms with Gasteiger partial charge < -0.3 is 15.5 Å². The van der Waals surface area contributed by atoms with Crippen molar-refractivity contribution in [3.05, 3.63) is 83.9 Å². The number of likely N-dealkylation sites (N-methyl/N-ethyl adjacent to an activating group) is 2. The van der Waals surface area contributed by atoms with E-state index in [1.807, 2.05) is 30.1 Å². The van der Waals surface area contributed by atoms with Crippen LogP contribution in [-0.2, 0) is 10.0 Å². The summed E-state index contributed by atoms with van der Waals surface area (Å²) in [6.45, 7) is 1.07. The number of carbonyl (C=O) groups is 1. The minimum atomic E-state index is -3.87. The number of nitrogens with two attached hydrogens (primary N) is 2. The lowest BCUT2D eigenvalue weighted by Gasteiger charge is -2.24. The van der Waals surface area contributed by atoms with Crippen LogP contribution < -0.4 is 15.8 Å². The number of benzene rings is 3. The maximum Gasteiger partial charge on any atom is 0.253 e. The van der Waals surface area contributed by atoms with Gasteiger partial charge in [-0.3, -0.25) is 10.2 Å². The molecule has 9 heteroatoms. The first kappa shape index (κ1) is 24.0. The van der Waals surface area contributed by atoms with E-state index in [1.54, 1.807) is 60.5 Å². The van der Waals surface area contributed by atoms with E-state index in [-0.39, 0.29) is 16.6 Å². The van der Waals surface area contributed by atoms with Crippen LogP contribution in [0.4, 0.5) is 5.69 Å². The second-order valence-corrected chi connectivity index (χ2v) is 9.26. The second-order valence-electron chi connectivity index (χ2n) is 7.73. The van der Waals surface area contributed by atoms with E-state index in [0.717, 1.165) is 5.69 Å². The van der Waals surface area contributed by atoms with Crippen molar-refractivity contribution >= 4 is 27.5 Å². The molecule has 1 amide bonds. The van der Waals surface area contributed by atoms with Crippen LogP contribution in [0, 0.1) is 5.41 Å². The molecule has 3 aromatic rings. The van der Waals surface area contributed by atoms with E-state index in [2.05, 4.69) is 0 Å². The Kier molecular flexibility index (Phi) is 7.15. The Balaban J connectivity index is 1.68. The number of amidine groups is 1. The van der Waals surface area contributed by atoms with Crippen molar-refractivity contribution in [3.8, 4) is 11.1 Å². The number of hydrogen-bond acceptors (Lipinski definition) is 5. The van der Waals surface area contributed by atoms with Crippen molar-refractivity contribution < 1.29 is 13.2 Å². The zero-order valence-corrected chi connectivity index (χ0v) is 19.3. The minimum Gasteiger partial charge on any atom is -0.384 e. The van der Waals surface area contributed by atoms with Crippen LogP contribution in [0.2, 0.25) is 0 Å². The van der Waals surface area contributed by atoms with Gasteiger partial charge in [0, 0.05) is 49.6 Å². The molecule has 0 aliphatic rings. The molecule has 0 atom stereocenters. The van der Waals surface area contributed by atoms with Crippen molar-refractivity contribution in [3.63, 3.8) is 0 Å². The van der Waals surface area contributed by atoms with E-state index in [9.17, 15) is 13.2 Å². The van der Waals surface area contributed by atoms with E-state index >= 15 is 0 Å². The summed E-state index contributed by atoms with van der Waals surface area (Å²) in [5, 5.41) is 12.9. The van der Waals surface area contributed by atoms with Gasteiger partial charge in [-0.05, 0) is 35.9 Å². The van der Waals surface area contributed by atoms with Gasteiger partial charge in [-0.15, -0.1) is 0 Å². The Morgan fingerprint density at radius 2 is 1.58 bits per heavy atom. The smallest absolute Gasteiger partial charge is 0.253 e. The number of nitrogens with zero attached hydrogens (tertiary/aromatic N) is 2.